The van der Waals surface area contributed by atoms with Gasteiger partial charge in [0.15, 0.2) is 0 Å². The molecule has 8 heteroatoms. The minimum atomic E-state index is -4.46. The SMILES string of the molecule is FC(F)(F)c1nnc2n1NC1CCCCC1S2. The van der Waals surface area contributed by atoms with Crippen LogP contribution in [0.25, 0.3) is 0 Å². The summed E-state index contributed by atoms with van der Waals surface area (Å²) in [6.45, 7) is 0. The number of hydrogen-bond acceptors (Lipinski definition) is 4. The van der Waals surface area contributed by atoms with Crippen molar-refractivity contribution in [2.24, 2.45) is 0 Å². The predicted octanol–water partition coefficient (Wildman–Crippen LogP) is 2.26. The van der Waals surface area contributed by atoms with Crippen molar-refractivity contribution >= 4 is 11.8 Å². The van der Waals surface area contributed by atoms with E-state index in [-0.39, 0.29) is 6.04 Å². The van der Waals surface area contributed by atoms with Crippen LogP contribution in [0.5, 0.6) is 0 Å². The molecular formula is C9H11F3N4S. The molecule has 1 aromatic rings. The highest BCUT2D eigenvalue weighted by Crippen LogP contribution is 2.39. The van der Waals surface area contributed by atoms with Gasteiger partial charge in [0.25, 0.3) is 5.82 Å². The van der Waals surface area contributed by atoms with Gasteiger partial charge in [0.05, 0.1) is 6.04 Å². The molecule has 1 aliphatic carbocycles. The Morgan fingerprint density at radius 2 is 2.00 bits per heavy atom. The fourth-order valence-electron chi connectivity index (χ4n) is 2.33. The summed E-state index contributed by atoms with van der Waals surface area (Å²) >= 11 is 1.40. The maximum Gasteiger partial charge on any atom is 0.453 e. The molecule has 0 bridgehead atoms. The summed E-state index contributed by atoms with van der Waals surface area (Å²) in [5.74, 6) is -0.955. The van der Waals surface area contributed by atoms with Gasteiger partial charge in [-0.15, -0.1) is 10.2 Å². The van der Waals surface area contributed by atoms with Crippen LogP contribution in [-0.4, -0.2) is 26.2 Å². The van der Waals surface area contributed by atoms with Crippen molar-refractivity contribution in [3.63, 3.8) is 0 Å². The molecule has 2 unspecified atom stereocenters. The largest absolute Gasteiger partial charge is 0.453 e. The van der Waals surface area contributed by atoms with Crippen LogP contribution in [0.2, 0.25) is 0 Å². The first-order chi connectivity index (χ1) is 8.05. The number of thioether (sulfide) groups is 1. The quantitative estimate of drug-likeness (QED) is 0.780. The lowest BCUT2D eigenvalue weighted by atomic mass is 9.95. The van der Waals surface area contributed by atoms with Crippen molar-refractivity contribution < 1.29 is 13.2 Å². The predicted molar refractivity (Wildman–Crippen MR) is 56.3 cm³/mol. The smallest absolute Gasteiger partial charge is 0.318 e. The second-order valence-electron chi connectivity index (χ2n) is 4.32. The molecule has 1 aromatic heterocycles. The lowest BCUT2D eigenvalue weighted by Crippen LogP contribution is -2.44. The Morgan fingerprint density at radius 3 is 2.76 bits per heavy atom. The van der Waals surface area contributed by atoms with Gasteiger partial charge in [0.1, 0.15) is 0 Å². The molecule has 0 amide bonds. The van der Waals surface area contributed by atoms with Crippen molar-refractivity contribution in [3.8, 4) is 0 Å². The number of nitrogens with zero attached hydrogens (tertiary/aromatic N) is 3. The van der Waals surface area contributed by atoms with Crippen molar-refractivity contribution in [1.29, 1.82) is 0 Å². The van der Waals surface area contributed by atoms with Crippen molar-refractivity contribution in [1.82, 2.24) is 14.9 Å². The van der Waals surface area contributed by atoms with Crippen LogP contribution < -0.4 is 5.43 Å². The van der Waals surface area contributed by atoms with Crippen LogP contribution >= 0.6 is 11.8 Å². The van der Waals surface area contributed by atoms with E-state index in [2.05, 4.69) is 15.6 Å². The zero-order valence-corrected chi connectivity index (χ0v) is 9.68. The van der Waals surface area contributed by atoms with Crippen LogP contribution in [0.3, 0.4) is 0 Å². The van der Waals surface area contributed by atoms with Crippen molar-refractivity contribution in [2.45, 2.75) is 48.3 Å². The Balaban J connectivity index is 1.94. The van der Waals surface area contributed by atoms with Crippen LogP contribution in [0.15, 0.2) is 5.16 Å². The number of fused-ring (bicyclic) bond motifs is 2. The average Bonchev–Trinajstić information content (AvgIpc) is 2.68. The normalized spacial score (nSPS) is 28.2. The van der Waals surface area contributed by atoms with E-state index in [4.69, 9.17) is 0 Å². The van der Waals surface area contributed by atoms with E-state index in [9.17, 15) is 13.2 Å². The third-order valence-corrected chi connectivity index (χ3v) is 4.48. The fraction of sp³-hybridized carbons (Fsp3) is 0.778. The average molecular weight is 264 g/mol. The van der Waals surface area contributed by atoms with Gasteiger partial charge in [-0.3, -0.25) is 0 Å². The zero-order chi connectivity index (χ0) is 12.0. The molecule has 0 saturated heterocycles. The van der Waals surface area contributed by atoms with Gasteiger partial charge in [-0.2, -0.15) is 13.2 Å². The standard InChI is InChI=1S/C9H11F3N4S/c10-9(11,12)7-13-14-8-16(7)15-5-3-1-2-4-6(5)17-8/h5-6,15H,1-4H2. The molecule has 2 aliphatic rings. The van der Waals surface area contributed by atoms with E-state index in [0.29, 0.717) is 10.4 Å². The summed E-state index contributed by atoms with van der Waals surface area (Å²) in [5, 5.41) is 7.48. The Kier molecular flexibility index (Phi) is 2.49. The molecule has 0 aromatic carbocycles. The molecule has 17 heavy (non-hydrogen) atoms. The van der Waals surface area contributed by atoms with Crippen LogP contribution in [0.1, 0.15) is 31.5 Å². The van der Waals surface area contributed by atoms with Crippen LogP contribution in [-0.2, 0) is 6.18 Å². The molecule has 1 saturated carbocycles. The number of nitrogens with one attached hydrogen (secondary N) is 1. The summed E-state index contributed by atoms with van der Waals surface area (Å²) in [6.07, 6.45) is -0.326. The summed E-state index contributed by atoms with van der Waals surface area (Å²) < 4.78 is 39.0. The third-order valence-electron chi connectivity index (χ3n) is 3.14. The summed E-state index contributed by atoms with van der Waals surface area (Å²) in [7, 11) is 0. The first kappa shape index (κ1) is 11.2. The van der Waals surface area contributed by atoms with E-state index in [1.54, 1.807) is 0 Å². The lowest BCUT2D eigenvalue weighted by molar-refractivity contribution is -0.147. The highest BCUT2D eigenvalue weighted by atomic mass is 32.2. The Labute approximate surface area is 99.9 Å². The van der Waals surface area contributed by atoms with Crippen molar-refractivity contribution in [3.05, 3.63) is 5.82 Å². The zero-order valence-electron chi connectivity index (χ0n) is 8.87. The fourth-order valence-corrected chi connectivity index (χ4v) is 3.58. The molecule has 2 atom stereocenters. The van der Waals surface area contributed by atoms with Crippen LogP contribution in [0, 0.1) is 0 Å². The lowest BCUT2D eigenvalue weighted by Gasteiger charge is -2.36. The second-order valence-corrected chi connectivity index (χ2v) is 5.52. The number of hydrogen-bond donors (Lipinski definition) is 1. The van der Waals surface area contributed by atoms with Gasteiger partial charge in [0, 0.05) is 5.25 Å². The van der Waals surface area contributed by atoms with Gasteiger partial charge in [-0.05, 0) is 12.8 Å². The van der Waals surface area contributed by atoms with E-state index in [1.165, 1.54) is 11.8 Å². The van der Waals surface area contributed by atoms with E-state index in [0.717, 1.165) is 30.4 Å². The van der Waals surface area contributed by atoms with Gasteiger partial charge < -0.3 is 5.43 Å². The molecule has 1 fully saturated rings. The number of aromatic nitrogens is 3. The minimum absolute atomic E-state index is 0.0957. The van der Waals surface area contributed by atoms with E-state index >= 15 is 0 Å². The molecule has 3 rings (SSSR count). The highest BCUT2D eigenvalue weighted by Gasteiger charge is 2.42. The Bertz CT molecular complexity index is 430. The first-order valence-electron chi connectivity index (χ1n) is 5.51. The Morgan fingerprint density at radius 1 is 1.24 bits per heavy atom. The minimum Gasteiger partial charge on any atom is -0.318 e. The number of alkyl halides is 3. The van der Waals surface area contributed by atoms with Crippen LogP contribution in [0.4, 0.5) is 13.2 Å². The molecular weight excluding hydrogens is 253 g/mol. The molecule has 1 aliphatic heterocycles. The van der Waals surface area contributed by atoms with Gasteiger partial charge in [-0.1, -0.05) is 24.6 Å². The molecule has 4 nitrogen and oxygen atoms in total. The Hall–Kier alpha value is -0.920. The van der Waals surface area contributed by atoms with Crippen molar-refractivity contribution in [2.75, 3.05) is 5.43 Å². The first-order valence-corrected chi connectivity index (χ1v) is 6.39. The van der Waals surface area contributed by atoms with Gasteiger partial charge in [-0.25, -0.2) is 4.68 Å². The maximum atomic E-state index is 12.7. The highest BCUT2D eigenvalue weighted by molar-refractivity contribution is 7.99. The van der Waals surface area contributed by atoms with E-state index in [1.807, 2.05) is 0 Å². The molecule has 2 heterocycles. The topological polar surface area (TPSA) is 42.7 Å². The second kappa shape index (κ2) is 3.79. The molecule has 94 valence electrons. The summed E-state index contributed by atoms with van der Waals surface area (Å²) in [4.78, 5) is 0. The third kappa shape index (κ3) is 1.88. The molecule has 0 radical (unpaired) electrons. The van der Waals surface area contributed by atoms with E-state index < -0.39 is 12.0 Å². The van der Waals surface area contributed by atoms with Gasteiger partial charge >= 0.3 is 6.18 Å². The summed E-state index contributed by atoms with van der Waals surface area (Å²) in [5.41, 5.74) is 2.90. The number of rotatable bonds is 0. The monoisotopic (exact) mass is 264 g/mol. The molecule has 1 N–H and O–H groups in total. The maximum absolute atomic E-state index is 12.7. The number of halogens is 3. The summed E-state index contributed by atoms with van der Waals surface area (Å²) in [6, 6.07) is 0.0957. The molecule has 0 spiro atoms. The van der Waals surface area contributed by atoms with Gasteiger partial charge in [0.2, 0.25) is 5.16 Å².